The third-order valence-corrected chi connectivity index (χ3v) is 2.94. The first kappa shape index (κ1) is 13.1. The van der Waals surface area contributed by atoms with E-state index < -0.39 is 0 Å². The number of likely N-dealkylation sites (N-methyl/N-ethyl adjacent to an activating group) is 1. The summed E-state index contributed by atoms with van der Waals surface area (Å²) in [5.74, 6) is 1.50. The normalized spacial score (nSPS) is 10.3. The van der Waals surface area contributed by atoms with Crippen LogP contribution in [0.5, 0.6) is 11.5 Å². The first-order chi connectivity index (χ1) is 7.65. The van der Waals surface area contributed by atoms with Crippen molar-refractivity contribution < 1.29 is 9.47 Å². The quantitative estimate of drug-likeness (QED) is 0.862. The van der Waals surface area contributed by atoms with Gasteiger partial charge in [0.05, 0.1) is 14.2 Å². The van der Waals surface area contributed by atoms with Crippen LogP contribution in [-0.2, 0) is 6.42 Å². The van der Waals surface area contributed by atoms with Crippen molar-refractivity contribution in [3.8, 4) is 11.5 Å². The second-order valence-electron chi connectivity index (χ2n) is 3.56. The summed E-state index contributed by atoms with van der Waals surface area (Å²) < 4.78 is 10.7. The van der Waals surface area contributed by atoms with Gasteiger partial charge in [0.2, 0.25) is 0 Å². The summed E-state index contributed by atoms with van der Waals surface area (Å²) in [6, 6.07) is 1.94. The van der Waals surface area contributed by atoms with Crippen molar-refractivity contribution in [2.24, 2.45) is 0 Å². The smallest absolute Gasteiger partial charge is 0.165 e. The fourth-order valence-electron chi connectivity index (χ4n) is 1.67. The number of halogens is 1. The van der Waals surface area contributed by atoms with E-state index in [2.05, 4.69) is 5.32 Å². The monoisotopic (exact) mass is 243 g/mol. The van der Waals surface area contributed by atoms with Crippen molar-refractivity contribution >= 4 is 11.6 Å². The molecule has 1 N–H and O–H groups in total. The topological polar surface area (TPSA) is 30.5 Å². The Labute approximate surface area is 102 Å². The Morgan fingerprint density at radius 1 is 1.25 bits per heavy atom. The summed E-state index contributed by atoms with van der Waals surface area (Å²) in [5.41, 5.74) is 1.97. The first-order valence-electron chi connectivity index (χ1n) is 5.20. The molecule has 0 radical (unpaired) electrons. The van der Waals surface area contributed by atoms with Crippen molar-refractivity contribution in [1.82, 2.24) is 5.32 Å². The number of hydrogen-bond donors (Lipinski definition) is 1. The standard InChI is InChI=1S/C12H18ClNO2/c1-8-10(13)7-9(5-6-14-2)12(16-4)11(8)15-3/h7,14H,5-6H2,1-4H3. The predicted molar refractivity (Wildman–Crippen MR) is 66.9 cm³/mol. The van der Waals surface area contributed by atoms with E-state index in [1.54, 1.807) is 14.2 Å². The SMILES string of the molecule is CNCCc1cc(Cl)c(C)c(OC)c1OC. The lowest BCUT2D eigenvalue weighted by Crippen LogP contribution is -2.11. The lowest BCUT2D eigenvalue weighted by atomic mass is 10.1. The Morgan fingerprint density at radius 3 is 2.38 bits per heavy atom. The van der Waals surface area contributed by atoms with E-state index in [0.29, 0.717) is 5.02 Å². The molecule has 0 bridgehead atoms. The Kier molecular flexibility index (Phi) is 4.90. The van der Waals surface area contributed by atoms with Crippen molar-refractivity contribution in [3.63, 3.8) is 0 Å². The first-order valence-corrected chi connectivity index (χ1v) is 5.58. The summed E-state index contributed by atoms with van der Waals surface area (Å²) in [7, 11) is 5.19. The highest BCUT2D eigenvalue weighted by atomic mass is 35.5. The number of methoxy groups -OCH3 is 2. The third-order valence-electron chi connectivity index (χ3n) is 2.55. The number of hydrogen-bond acceptors (Lipinski definition) is 3. The molecule has 1 rings (SSSR count). The summed E-state index contributed by atoms with van der Waals surface area (Å²) in [6.45, 7) is 2.80. The summed E-state index contributed by atoms with van der Waals surface area (Å²) in [5, 5.41) is 3.81. The maximum Gasteiger partial charge on any atom is 0.165 e. The average molecular weight is 244 g/mol. The highest BCUT2D eigenvalue weighted by Crippen LogP contribution is 2.38. The van der Waals surface area contributed by atoms with Crippen molar-refractivity contribution in [1.29, 1.82) is 0 Å². The van der Waals surface area contributed by atoms with Crippen molar-refractivity contribution in [3.05, 3.63) is 22.2 Å². The van der Waals surface area contributed by atoms with Crippen molar-refractivity contribution in [2.45, 2.75) is 13.3 Å². The molecular formula is C12H18ClNO2. The average Bonchev–Trinajstić information content (AvgIpc) is 2.29. The molecule has 0 aromatic heterocycles. The van der Waals surface area contributed by atoms with E-state index in [9.17, 15) is 0 Å². The van der Waals surface area contributed by atoms with Crippen LogP contribution in [-0.4, -0.2) is 27.8 Å². The zero-order valence-electron chi connectivity index (χ0n) is 10.2. The van der Waals surface area contributed by atoms with Gasteiger partial charge in [0.15, 0.2) is 11.5 Å². The molecule has 0 aliphatic rings. The molecule has 4 heteroatoms. The van der Waals surface area contributed by atoms with E-state index in [-0.39, 0.29) is 0 Å². The molecule has 0 aliphatic heterocycles. The van der Waals surface area contributed by atoms with E-state index >= 15 is 0 Å². The Morgan fingerprint density at radius 2 is 1.88 bits per heavy atom. The van der Waals surface area contributed by atoms with Gasteiger partial charge in [-0.3, -0.25) is 0 Å². The van der Waals surface area contributed by atoms with Crippen LogP contribution in [0.25, 0.3) is 0 Å². The van der Waals surface area contributed by atoms with Crippen LogP contribution in [0.1, 0.15) is 11.1 Å². The molecule has 1 aromatic rings. The Bertz CT molecular complexity index is 367. The Hall–Kier alpha value is -0.930. The number of ether oxygens (including phenoxy) is 2. The minimum Gasteiger partial charge on any atom is -0.493 e. The van der Waals surface area contributed by atoms with Gasteiger partial charge in [-0.1, -0.05) is 11.6 Å². The molecule has 0 amide bonds. The van der Waals surface area contributed by atoms with Gasteiger partial charge in [0, 0.05) is 16.1 Å². The van der Waals surface area contributed by atoms with E-state index in [0.717, 1.165) is 35.6 Å². The predicted octanol–water partition coefficient (Wildman–Crippen LogP) is 2.43. The van der Waals surface area contributed by atoms with Crippen LogP contribution in [0.2, 0.25) is 5.02 Å². The van der Waals surface area contributed by atoms with Crippen LogP contribution < -0.4 is 14.8 Å². The fraction of sp³-hybridized carbons (Fsp3) is 0.500. The van der Waals surface area contributed by atoms with Gasteiger partial charge in [-0.05, 0) is 33.0 Å². The fourth-order valence-corrected chi connectivity index (χ4v) is 1.88. The minimum absolute atomic E-state index is 0.712. The van der Waals surface area contributed by atoms with Gasteiger partial charge in [-0.2, -0.15) is 0 Å². The zero-order valence-corrected chi connectivity index (χ0v) is 10.9. The summed E-state index contributed by atoms with van der Waals surface area (Å²) in [4.78, 5) is 0. The third kappa shape index (κ3) is 2.60. The maximum absolute atomic E-state index is 6.15. The largest absolute Gasteiger partial charge is 0.493 e. The van der Waals surface area contributed by atoms with Crippen LogP contribution in [0.4, 0.5) is 0 Å². The Balaban J connectivity index is 3.20. The number of nitrogens with one attached hydrogen (secondary N) is 1. The molecule has 0 spiro atoms. The highest BCUT2D eigenvalue weighted by Gasteiger charge is 2.15. The van der Waals surface area contributed by atoms with Gasteiger partial charge < -0.3 is 14.8 Å². The van der Waals surface area contributed by atoms with Crippen LogP contribution in [0.3, 0.4) is 0 Å². The van der Waals surface area contributed by atoms with Crippen LogP contribution >= 0.6 is 11.6 Å². The van der Waals surface area contributed by atoms with Gasteiger partial charge in [0.25, 0.3) is 0 Å². The molecule has 0 saturated carbocycles. The minimum atomic E-state index is 0.712. The van der Waals surface area contributed by atoms with E-state index in [1.807, 2.05) is 20.0 Å². The molecule has 0 atom stereocenters. The lowest BCUT2D eigenvalue weighted by Gasteiger charge is -2.16. The van der Waals surface area contributed by atoms with Gasteiger partial charge in [-0.15, -0.1) is 0 Å². The highest BCUT2D eigenvalue weighted by molar-refractivity contribution is 6.31. The molecule has 0 aliphatic carbocycles. The number of benzene rings is 1. The summed E-state index contributed by atoms with van der Waals surface area (Å²) >= 11 is 6.15. The van der Waals surface area contributed by atoms with Gasteiger partial charge in [-0.25, -0.2) is 0 Å². The molecule has 0 heterocycles. The van der Waals surface area contributed by atoms with Crippen molar-refractivity contribution in [2.75, 3.05) is 27.8 Å². The van der Waals surface area contributed by atoms with E-state index in [1.165, 1.54) is 0 Å². The van der Waals surface area contributed by atoms with E-state index in [4.69, 9.17) is 21.1 Å². The molecule has 0 unspecified atom stereocenters. The van der Waals surface area contributed by atoms with Crippen LogP contribution in [0.15, 0.2) is 6.07 Å². The maximum atomic E-state index is 6.15. The number of rotatable bonds is 5. The zero-order chi connectivity index (χ0) is 12.1. The van der Waals surface area contributed by atoms with Gasteiger partial charge >= 0.3 is 0 Å². The molecule has 0 saturated heterocycles. The molecule has 3 nitrogen and oxygen atoms in total. The van der Waals surface area contributed by atoms with Gasteiger partial charge in [0.1, 0.15) is 0 Å². The molecule has 1 aromatic carbocycles. The second kappa shape index (κ2) is 5.97. The molecule has 90 valence electrons. The molecule has 16 heavy (non-hydrogen) atoms. The second-order valence-corrected chi connectivity index (χ2v) is 3.97. The lowest BCUT2D eigenvalue weighted by molar-refractivity contribution is 0.349. The molecular weight excluding hydrogens is 226 g/mol. The molecule has 0 fully saturated rings. The van der Waals surface area contributed by atoms with Crippen LogP contribution in [0, 0.1) is 6.92 Å². The summed E-state index contributed by atoms with van der Waals surface area (Å²) in [6.07, 6.45) is 0.857.